The number of benzene rings is 1. The number of carbonyl (C=O) groups excluding carboxylic acids is 1. The number of halogens is 2. The van der Waals surface area contributed by atoms with Gasteiger partial charge >= 0.3 is 0 Å². The molecule has 2 aromatic rings. The minimum absolute atomic E-state index is 0.141. The van der Waals surface area contributed by atoms with E-state index in [1.54, 1.807) is 36.7 Å². The number of pyridine rings is 1. The summed E-state index contributed by atoms with van der Waals surface area (Å²) in [7, 11) is 0. The van der Waals surface area contributed by atoms with Gasteiger partial charge in [0.15, 0.2) is 0 Å². The van der Waals surface area contributed by atoms with Gasteiger partial charge in [-0.15, -0.1) is 0 Å². The largest absolute Gasteiger partial charge is 0.324 e. The number of anilines is 1. The Bertz CT molecular complexity index is 763. The molecule has 7 heteroatoms. The first-order valence-corrected chi connectivity index (χ1v) is 7.64. The number of rotatable bonds is 4. The van der Waals surface area contributed by atoms with Gasteiger partial charge < -0.3 is 5.32 Å². The van der Waals surface area contributed by atoms with Crippen LogP contribution in [-0.4, -0.2) is 17.5 Å². The molecule has 2 N–H and O–H groups in total. The van der Waals surface area contributed by atoms with E-state index in [2.05, 4.69) is 15.8 Å². The quantitative estimate of drug-likeness (QED) is 0.883. The topological polar surface area (TPSA) is 63.2 Å². The molecule has 0 saturated heterocycles. The van der Waals surface area contributed by atoms with E-state index in [1.165, 1.54) is 0 Å². The van der Waals surface area contributed by atoms with Gasteiger partial charge in [-0.2, -0.15) is 0 Å². The Morgan fingerprint density at radius 1 is 1.30 bits per heavy atom. The van der Waals surface area contributed by atoms with Crippen LogP contribution in [0.15, 0.2) is 48.3 Å². The Hall–Kier alpha value is -2.08. The van der Waals surface area contributed by atoms with Crippen LogP contribution in [0.5, 0.6) is 0 Å². The molecular formula is C16H13Cl2N3O2. The number of hydrogen-bond acceptors (Lipinski definition) is 4. The van der Waals surface area contributed by atoms with Crippen LogP contribution in [0.2, 0.25) is 10.0 Å². The van der Waals surface area contributed by atoms with Crippen molar-refractivity contribution in [2.45, 2.75) is 6.42 Å². The molecule has 1 aromatic carbocycles. The van der Waals surface area contributed by atoms with E-state index in [9.17, 15) is 4.79 Å². The zero-order chi connectivity index (χ0) is 16.2. The lowest BCUT2D eigenvalue weighted by molar-refractivity contribution is -0.115. The highest BCUT2D eigenvalue weighted by Gasteiger charge is 2.20. The Morgan fingerprint density at radius 2 is 2.17 bits per heavy atom. The van der Waals surface area contributed by atoms with E-state index in [4.69, 9.17) is 28.0 Å². The molecular weight excluding hydrogens is 337 g/mol. The molecule has 1 aliphatic rings. The van der Waals surface area contributed by atoms with Gasteiger partial charge in [0.1, 0.15) is 0 Å². The lowest BCUT2D eigenvalue weighted by Gasteiger charge is -2.08. The molecule has 23 heavy (non-hydrogen) atoms. The Balaban J connectivity index is 1.77. The minimum Gasteiger partial charge on any atom is -0.324 e. The average Bonchev–Trinajstić information content (AvgIpc) is 2.99. The second-order valence-electron chi connectivity index (χ2n) is 4.96. The molecule has 0 atom stereocenters. The smallest absolute Gasteiger partial charge is 0.228 e. The summed E-state index contributed by atoms with van der Waals surface area (Å²) in [6.07, 6.45) is 3.45. The third-order valence-electron chi connectivity index (χ3n) is 3.30. The monoisotopic (exact) mass is 349 g/mol. The molecule has 0 radical (unpaired) electrons. The van der Waals surface area contributed by atoms with E-state index in [0.29, 0.717) is 22.3 Å². The summed E-state index contributed by atoms with van der Waals surface area (Å²) in [4.78, 5) is 21.4. The Kier molecular flexibility index (Phi) is 4.81. The normalized spacial score (nSPS) is 13.8. The van der Waals surface area contributed by atoms with Crippen LogP contribution in [0.25, 0.3) is 5.70 Å². The van der Waals surface area contributed by atoms with E-state index in [1.807, 2.05) is 6.07 Å². The number of nitrogens with one attached hydrogen (secondary N) is 2. The van der Waals surface area contributed by atoms with Crippen molar-refractivity contribution in [2.75, 3.05) is 11.9 Å². The zero-order valence-electron chi connectivity index (χ0n) is 12.0. The second-order valence-corrected chi connectivity index (χ2v) is 5.78. The van der Waals surface area contributed by atoms with Crippen molar-refractivity contribution < 1.29 is 9.63 Å². The summed E-state index contributed by atoms with van der Waals surface area (Å²) in [5.41, 5.74) is 5.88. The van der Waals surface area contributed by atoms with Crippen LogP contribution in [0, 0.1) is 0 Å². The molecule has 0 saturated carbocycles. The Morgan fingerprint density at radius 3 is 2.91 bits per heavy atom. The van der Waals surface area contributed by atoms with Gasteiger partial charge in [0.05, 0.1) is 40.7 Å². The molecule has 5 nitrogen and oxygen atoms in total. The first-order valence-electron chi connectivity index (χ1n) is 6.88. The summed E-state index contributed by atoms with van der Waals surface area (Å²) in [5, 5.41) is 3.72. The highest BCUT2D eigenvalue weighted by molar-refractivity contribution is 6.42. The molecule has 0 unspecified atom stereocenters. The van der Waals surface area contributed by atoms with E-state index in [0.717, 1.165) is 16.8 Å². The van der Waals surface area contributed by atoms with Gasteiger partial charge in [-0.05, 0) is 29.8 Å². The van der Waals surface area contributed by atoms with Gasteiger partial charge in [-0.25, -0.2) is 0 Å². The third kappa shape index (κ3) is 3.82. The van der Waals surface area contributed by atoms with E-state index < -0.39 is 0 Å². The van der Waals surface area contributed by atoms with Crippen molar-refractivity contribution in [1.29, 1.82) is 0 Å². The average molecular weight is 350 g/mol. The molecule has 3 rings (SSSR count). The van der Waals surface area contributed by atoms with Crippen LogP contribution >= 0.6 is 23.2 Å². The van der Waals surface area contributed by atoms with Gasteiger partial charge in [0.25, 0.3) is 0 Å². The van der Waals surface area contributed by atoms with Gasteiger partial charge in [-0.1, -0.05) is 29.3 Å². The third-order valence-corrected chi connectivity index (χ3v) is 4.04. The van der Waals surface area contributed by atoms with Crippen molar-refractivity contribution in [1.82, 2.24) is 10.5 Å². The number of hydroxylamine groups is 1. The number of hydrogen-bond donors (Lipinski definition) is 2. The fraction of sp³-hybridized carbons (Fsp3) is 0.125. The fourth-order valence-electron chi connectivity index (χ4n) is 2.23. The van der Waals surface area contributed by atoms with Gasteiger partial charge in [0, 0.05) is 11.8 Å². The fourth-order valence-corrected chi connectivity index (χ4v) is 2.53. The SMILES string of the molecule is O=C(CC1=C(c2ccc(Cl)c(Cl)c2)NOC1)Nc1cccnc1. The van der Waals surface area contributed by atoms with Crippen molar-refractivity contribution in [2.24, 2.45) is 0 Å². The van der Waals surface area contributed by atoms with Crippen LogP contribution in [0.3, 0.4) is 0 Å². The predicted octanol–water partition coefficient (Wildman–Crippen LogP) is 3.66. The predicted molar refractivity (Wildman–Crippen MR) is 90.0 cm³/mol. The molecule has 118 valence electrons. The van der Waals surface area contributed by atoms with Crippen molar-refractivity contribution >= 4 is 40.5 Å². The molecule has 0 aliphatic carbocycles. The highest BCUT2D eigenvalue weighted by Crippen LogP contribution is 2.29. The van der Waals surface area contributed by atoms with Crippen molar-refractivity contribution in [3.8, 4) is 0 Å². The minimum atomic E-state index is -0.141. The van der Waals surface area contributed by atoms with Crippen LogP contribution in [0.1, 0.15) is 12.0 Å². The summed E-state index contributed by atoms with van der Waals surface area (Å²) in [6, 6.07) is 8.81. The maximum Gasteiger partial charge on any atom is 0.228 e. The lowest BCUT2D eigenvalue weighted by atomic mass is 10.1. The second kappa shape index (κ2) is 7.00. The Labute approximate surface area is 143 Å². The number of carbonyl (C=O) groups is 1. The first-order chi connectivity index (χ1) is 11.1. The summed E-state index contributed by atoms with van der Waals surface area (Å²) < 4.78 is 0. The van der Waals surface area contributed by atoms with Crippen molar-refractivity contribution in [3.63, 3.8) is 0 Å². The number of amides is 1. The molecule has 1 aromatic heterocycles. The molecule has 1 amide bonds. The molecule has 0 bridgehead atoms. The van der Waals surface area contributed by atoms with E-state index in [-0.39, 0.29) is 12.3 Å². The van der Waals surface area contributed by atoms with Crippen LogP contribution in [0.4, 0.5) is 5.69 Å². The van der Waals surface area contributed by atoms with Gasteiger partial charge in [-0.3, -0.25) is 20.1 Å². The zero-order valence-corrected chi connectivity index (χ0v) is 13.5. The van der Waals surface area contributed by atoms with Crippen molar-refractivity contribution in [3.05, 3.63) is 63.9 Å². The summed E-state index contributed by atoms with van der Waals surface area (Å²) >= 11 is 12.0. The molecule has 1 aliphatic heterocycles. The summed E-state index contributed by atoms with van der Waals surface area (Å²) in [5.74, 6) is -0.141. The van der Waals surface area contributed by atoms with E-state index >= 15 is 0 Å². The van der Waals surface area contributed by atoms with Crippen LogP contribution < -0.4 is 10.8 Å². The summed E-state index contributed by atoms with van der Waals surface area (Å²) in [6.45, 7) is 0.329. The maximum absolute atomic E-state index is 12.2. The number of aromatic nitrogens is 1. The maximum atomic E-state index is 12.2. The van der Waals surface area contributed by atoms with Gasteiger partial charge in [0.2, 0.25) is 5.91 Å². The highest BCUT2D eigenvalue weighted by atomic mass is 35.5. The first kappa shape index (κ1) is 15.8. The lowest BCUT2D eigenvalue weighted by Crippen LogP contribution is -2.13. The standard InChI is InChI=1S/C16H13Cl2N3O2/c17-13-4-3-10(6-14(13)18)16-11(9-23-21-16)7-15(22)20-12-2-1-5-19-8-12/h1-6,8,21H,7,9H2,(H,20,22). The van der Waals surface area contributed by atoms with Crippen LogP contribution in [-0.2, 0) is 9.63 Å². The molecule has 2 heterocycles. The number of nitrogens with zero attached hydrogens (tertiary/aromatic N) is 1. The molecule has 0 spiro atoms. The molecule has 0 fully saturated rings.